The molecule has 0 amide bonds. The summed E-state index contributed by atoms with van der Waals surface area (Å²) in [5.74, 6) is 1.77. The predicted molar refractivity (Wildman–Crippen MR) is 62.2 cm³/mol. The van der Waals surface area contributed by atoms with Crippen LogP contribution in [-0.4, -0.2) is 16.2 Å². The van der Waals surface area contributed by atoms with Crippen molar-refractivity contribution in [3.63, 3.8) is 0 Å². The van der Waals surface area contributed by atoms with E-state index in [0.717, 1.165) is 24.6 Å². The summed E-state index contributed by atoms with van der Waals surface area (Å²) in [6.07, 6.45) is 4.58. The van der Waals surface area contributed by atoms with Gasteiger partial charge in [0.25, 0.3) is 0 Å². The molecule has 1 aliphatic rings. The van der Waals surface area contributed by atoms with Crippen molar-refractivity contribution >= 4 is 0 Å². The van der Waals surface area contributed by atoms with Crippen LogP contribution >= 0.6 is 0 Å². The van der Waals surface area contributed by atoms with E-state index in [-0.39, 0.29) is 17.4 Å². The maximum atomic E-state index is 6.10. The standard InChI is InChI=1S/C12H21N3O/c1-12(2,3)11-14-10(16-15-11)8-6-4-5-7-9(8)13/h8-9H,4-7,13H2,1-3H3. The number of nitrogens with zero attached hydrogens (tertiary/aromatic N) is 2. The lowest BCUT2D eigenvalue weighted by Crippen LogP contribution is -2.31. The van der Waals surface area contributed by atoms with Crippen LogP contribution in [0.1, 0.15) is 64.1 Å². The Bertz CT molecular complexity index is 353. The normalized spacial score (nSPS) is 27.0. The first kappa shape index (κ1) is 11.6. The summed E-state index contributed by atoms with van der Waals surface area (Å²) in [5.41, 5.74) is 6.05. The molecule has 90 valence electrons. The maximum absolute atomic E-state index is 6.10. The second-order valence-electron chi connectivity index (χ2n) is 5.76. The van der Waals surface area contributed by atoms with Crippen molar-refractivity contribution in [2.75, 3.05) is 0 Å². The van der Waals surface area contributed by atoms with Crippen molar-refractivity contribution in [1.82, 2.24) is 10.1 Å². The zero-order valence-electron chi connectivity index (χ0n) is 10.4. The summed E-state index contributed by atoms with van der Waals surface area (Å²) >= 11 is 0. The van der Waals surface area contributed by atoms with Crippen molar-refractivity contribution in [3.8, 4) is 0 Å². The van der Waals surface area contributed by atoms with Crippen LogP contribution in [0.15, 0.2) is 4.52 Å². The van der Waals surface area contributed by atoms with E-state index >= 15 is 0 Å². The van der Waals surface area contributed by atoms with Gasteiger partial charge in [-0.2, -0.15) is 4.98 Å². The average molecular weight is 223 g/mol. The minimum absolute atomic E-state index is 0.0550. The third kappa shape index (κ3) is 2.26. The molecule has 1 aromatic heterocycles. The fraction of sp³-hybridized carbons (Fsp3) is 0.833. The Labute approximate surface area is 96.6 Å². The lowest BCUT2D eigenvalue weighted by molar-refractivity contribution is 0.287. The molecule has 2 unspecified atom stereocenters. The zero-order chi connectivity index (χ0) is 11.8. The lowest BCUT2D eigenvalue weighted by Gasteiger charge is -2.25. The number of rotatable bonds is 1. The summed E-state index contributed by atoms with van der Waals surface area (Å²) in [7, 11) is 0. The Morgan fingerprint density at radius 3 is 2.50 bits per heavy atom. The van der Waals surface area contributed by atoms with Crippen molar-refractivity contribution in [2.24, 2.45) is 5.73 Å². The highest BCUT2D eigenvalue weighted by molar-refractivity contribution is 5.05. The van der Waals surface area contributed by atoms with Crippen LogP contribution in [0.4, 0.5) is 0 Å². The quantitative estimate of drug-likeness (QED) is 0.793. The monoisotopic (exact) mass is 223 g/mol. The van der Waals surface area contributed by atoms with E-state index in [1.807, 2.05) is 0 Å². The van der Waals surface area contributed by atoms with Gasteiger partial charge in [-0.25, -0.2) is 0 Å². The molecule has 0 aromatic carbocycles. The molecule has 2 atom stereocenters. The molecule has 1 fully saturated rings. The van der Waals surface area contributed by atoms with Crippen LogP contribution in [0, 0.1) is 0 Å². The summed E-state index contributed by atoms with van der Waals surface area (Å²) in [5, 5.41) is 4.06. The van der Waals surface area contributed by atoms with E-state index in [2.05, 4.69) is 30.9 Å². The first-order chi connectivity index (χ1) is 7.48. The van der Waals surface area contributed by atoms with E-state index in [1.54, 1.807) is 0 Å². The lowest BCUT2D eigenvalue weighted by atomic mass is 9.85. The topological polar surface area (TPSA) is 64.9 Å². The van der Waals surface area contributed by atoms with Gasteiger partial charge in [0.05, 0.1) is 5.92 Å². The largest absolute Gasteiger partial charge is 0.339 e. The molecular formula is C12H21N3O. The highest BCUT2D eigenvalue weighted by Gasteiger charge is 2.30. The molecule has 2 rings (SSSR count). The highest BCUT2D eigenvalue weighted by Crippen LogP contribution is 2.32. The van der Waals surface area contributed by atoms with Crippen molar-refractivity contribution in [2.45, 2.75) is 63.8 Å². The fourth-order valence-electron chi connectivity index (χ4n) is 2.16. The van der Waals surface area contributed by atoms with Gasteiger partial charge in [-0.15, -0.1) is 0 Å². The number of hydrogen-bond acceptors (Lipinski definition) is 4. The van der Waals surface area contributed by atoms with Crippen LogP contribution in [0.5, 0.6) is 0 Å². The Morgan fingerprint density at radius 1 is 1.25 bits per heavy atom. The van der Waals surface area contributed by atoms with Gasteiger partial charge in [0, 0.05) is 11.5 Å². The van der Waals surface area contributed by atoms with Crippen LogP contribution in [-0.2, 0) is 5.41 Å². The minimum atomic E-state index is -0.0550. The van der Waals surface area contributed by atoms with Gasteiger partial charge >= 0.3 is 0 Å². The number of nitrogens with two attached hydrogens (primary N) is 1. The van der Waals surface area contributed by atoms with E-state index < -0.39 is 0 Å². The van der Waals surface area contributed by atoms with E-state index in [0.29, 0.717) is 0 Å². The molecule has 1 saturated carbocycles. The Balaban J connectivity index is 2.18. The molecule has 1 aliphatic carbocycles. The highest BCUT2D eigenvalue weighted by atomic mass is 16.5. The molecule has 16 heavy (non-hydrogen) atoms. The fourth-order valence-corrected chi connectivity index (χ4v) is 2.16. The molecule has 0 saturated heterocycles. The van der Waals surface area contributed by atoms with Gasteiger partial charge in [-0.05, 0) is 12.8 Å². The average Bonchev–Trinajstić information content (AvgIpc) is 2.66. The van der Waals surface area contributed by atoms with E-state index in [4.69, 9.17) is 10.3 Å². The zero-order valence-corrected chi connectivity index (χ0v) is 10.4. The second-order valence-corrected chi connectivity index (χ2v) is 5.76. The van der Waals surface area contributed by atoms with Crippen LogP contribution in [0.25, 0.3) is 0 Å². The molecule has 0 radical (unpaired) electrons. The maximum Gasteiger partial charge on any atom is 0.231 e. The van der Waals surface area contributed by atoms with E-state index in [1.165, 1.54) is 12.8 Å². The SMILES string of the molecule is CC(C)(C)c1noc(C2CCCCC2N)n1. The summed E-state index contributed by atoms with van der Waals surface area (Å²) in [6, 6.07) is 0.182. The third-order valence-electron chi connectivity index (χ3n) is 3.25. The smallest absolute Gasteiger partial charge is 0.231 e. The van der Waals surface area contributed by atoms with Crippen LogP contribution in [0.2, 0.25) is 0 Å². The molecule has 2 N–H and O–H groups in total. The predicted octanol–water partition coefficient (Wildman–Crippen LogP) is 2.35. The minimum Gasteiger partial charge on any atom is -0.339 e. The van der Waals surface area contributed by atoms with Crippen LogP contribution < -0.4 is 5.73 Å². The van der Waals surface area contributed by atoms with Gasteiger partial charge in [0.1, 0.15) is 0 Å². The Kier molecular flexibility index (Phi) is 3.02. The van der Waals surface area contributed by atoms with E-state index in [9.17, 15) is 0 Å². The van der Waals surface area contributed by atoms with Gasteiger partial charge in [0.15, 0.2) is 5.82 Å². The first-order valence-electron chi connectivity index (χ1n) is 6.08. The summed E-state index contributed by atoms with van der Waals surface area (Å²) < 4.78 is 5.36. The Morgan fingerprint density at radius 2 is 1.94 bits per heavy atom. The molecule has 0 aliphatic heterocycles. The molecular weight excluding hydrogens is 202 g/mol. The molecule has 0 bridgehead atoms. The van der Waals surface area contributed by atoms with Gasteiger partial charge < -0.3 is 10.3 Å². The van der Waals surface area contributed by atoms with Crippen molar-refractivity contribution in [3.05, 3.63) is 11.7 Å². The van der Waals surface area contributed by atoms with Crippen molar-refractivity contribution in [1.29, 1.82) is 0 Å². The van der Waals surface area contributed by atoms with Gasteiger partial charge in [-0.3, -0.25) is 0 Å². The molecule has 4 heteroatoms. The summed E-state index contributed by atoms with van der Waals surface area (Å²) in [4.78, 5) is 4.50. The van der Waals surface area contributed by atoms with Crippen molar-refractivity contribution < 1.29 is 4.52 Å². The molecule has 0 spiro atoms. The molecule has 1 aromatic rings. The summed E-state index contributed by atoms with van der Waals surface area (Å²) in [6.45, 7) is 6.26. The second kappa shape index (κ2) is 4.17. The molecule has 4 nitrogen and oxygen atoms in total. The third-order valence-corrected chi connectivity index (χ3v) is 3.25. The first-order valence-corrected chi connectivity index (χ1v) is 6.08. The number of aromatic nitrogens is 2. The van der Waals surface area contributed by atoms with Crippen LogP contribution in [0.3, 0.4) is 0 Å². The Hall–Kier alpha value is -0.900. The van der Waals surface area contributed by atoms with Gasteiger partial charge in [0.2, 0.25) is 5.89 Å². The molecule has 1 heterocycles. The van der Waals surface area contributed by atoms with Gasteiger partial charge in [-0.1, -0.05) is 38.8 Å². The number of hydrogen-bond donors (Lipinski definition) is 1.